The fourth-order valence-corrected chi connectivity index (χ4v) is 2.67. The van der Waals surface area contributed by atoms with Crippen molar-refractivity contribution in [1.82, 2.24) is 5.43 Å². The second-order valence-corrected chi connectivity index (χ2v) is 5.63. The molecule has 0 spiro atoms. The minimum atomic E-state index is -1.53. The third-order valence-corrected chi connectivity index (χ3v) is 4.03. The molecule has 0 aliphatic heterocycles. The maximum Gasteiger partial charge on any atom is 0.194 e. The van der Waals surface area contributed by atoms with Gasteiger partial charge in [0, 0.05) is 14.2 Å². The van der Waals surface area contributed by atoms with Gasteiger partial charge in [-0.15, -0.1) is 0 Å². The lowest BCUT2D eigenvalue weighted by Gasteiger charge is -2.19. The first kappa shape index (κ1) is 15.6. The van der Waals surface area contributed by atoms with Crippen molar-refractivity contribution in [2.75, 3.05) is 0 Å². The first-order valence-corrected chi connectivity index (χ1v) is 6.96. The van der Waals surface area contributed by atoms with Crippen LogP contribution in [0.5, 0.6) is 0 Å². The molecule has 2 rings (SSSR count). The summed E-state index contributed by atoms with van der Waals surface area (Å²) in [7, 11) is 0. The zero-order chi connectivity index (χ0) is 14.9. The van der Waals surface area contributed by atoms with Gasteiger partial charge in [-0.25, -0.2) is 18.6 Å². The lowest BCUT2D eigenvalue weighted by atomic mass is 9.98. The predicted molar refractivity (Wildman–Crippen MR) is 79.7 cm³/mol. The molecule has 7 heteroatoms. The van der Waals surface area contributed by atoms with Gasteiger partial charge in [-0.3, -0.25) is 5.84 Å². The molecule has 0 fully saturated rings. The Morgan fingerprint density at radius 3 is 2.40 bits per heavy atom. The van der Waals surface area contributed by atoms with Crippen molar-refractivity contribution in [2.24, 2.45) is 5.84 Å². The van der Waals surface area contributed by atoms with Crippen LogP contribution in [0.4, 0.5) is 13.2 Å². The van der Waals surface area contributed by atoms with E-state index in [0.717, 1.165) is 15.7 Å². The molecule has 0 heterocycles. The molecule has 0 amide bonds. The average molecular weight is 413 g/mol. The monoisotopic (exact) mass is 412 g/mol. The van der Waals surface area contributed by atoms with Crippen LogP contribution in [0.25, 0.3) is 0 Å². The summed E-state index contributed by atoms with van der Waals surface area (Å²) in [6.07, 6.45) is 0. The van der Waals surface area contributed by atoms with Gasteiger partial charge in [0.25, 0.3) is 0 Å². The Hall–Kier alpha value is -0.830. The van der Waals surface area contributed by atoms with E-state index in [1.54, 1.807) is 18.2 Å². The van der Waals surface area contributed by atoms with Crippen molar-refractivity contribution in [3.63, 3.8) is 0 Å². The fraction of sp³-hybridized carbons (Fsp3) is 0.0769. The largest absolute Gasteiger partial charge is 0.271 e. The lowest BCUT2D eigenvalue weighted by molar-refractivity contribution is 0.433. The van der Waals surface area contributed by atoms with Crippen molar-refractivity contribution in [3.05, 3.63) is 67.5 Å². The summed E-state index contributed by atoms with van der Waals surface area (Å²) in [6.45, 7) is 0. The average Bonchev–Trinajstić information content (AvgIpc) is 2.43. The molecule has 2 nitrogen and oxygen atoms in total. The highest BCUT2D eigenvalue weighted by atomic mass is 127. The minimum absolute atomic E-state index is 0.0911. The zero-order valence-electron chi connectivity index (χ0n) is 9.93. The van der Waals surface area contributed by atoms with Crippen LogP contribution in [0.2, 0.25) is 5.02 Å². The van der Waals surface area contributed by atoms with E-state index in [0.29, 0.717) is 10.6 Å². The van der Waals surface area contributed by atoms with Crippen LogP contribution in [0.3, 0.4) is 0 Å². The van der Waals surface area contributed by atoms with Crippen LogP contribution < -0.4 is 11.3 Å². The van der Waals surface area contributed by atoms with E-state index >= 15 is 0 Å². The van der Waals surface area contributed by atoms with Crippen molar-refractivity contribution in [3.8, 4) is 0 Å². The van der Waals surface area contributed by atoms with Crippen LogP contribution in [-0.2, 0) is 0 Å². The number of hydrogen-bond acceptors (Lipinski definition) is 2. The summed E-state index contributed by atoms with van der Waals surface area (Å²) in [5.74, 6) is 1.38. The van der Waals surface area contributed by atoms with E-state index < -0.39 is 23.5 Å². The van der Waals surface area contributed by atoms with Gasteiger partial charge in [0.1, 0.15) is 0 Å². The van der Waals surface area contributed by atoms with E-state index in [1.807, 2.05) is 22.6 Å². The molecule has 1 unspecified atom stereocenters. The Labute approximate surface area is 132 Å². The summed E-state index contributed by atoms with van der Waals surface area (Å²) in [4.78, 5) is 0. The van der Waals surface area contributed by atoms with E-state index in [-0.39, 0.29) is 5.56 Å². The minimum Gasteiger partial charge on any atom is -0.271 e. The Balaban J connectivity index is 2.58. The normalized spacial score (nSPS) is 12.5. The molecular weight excluding hydrogens is 404 g/mol. The Morgan fingerprint density at radius 2 is 1.75 bits per heavy atom. The van der Waals surface area contributed by atoms with Crippen molar-refractivity contribution >= 4 is 34.2 Å². The summed E-state index contributed by atoms with van der Waals surface area (Å²) < 4.78 is 41.0. The molecular formula is C13H9ClF3IN2. The number of halogens is 5. The molecule has 0 saturated carbocycles. The van der Waals surface area contributed by atoms with Gasteiger partial charge in [-0.1, -0.05) is 17.7 Å². The van der Waals surface area contributed by atoms with Gasteiger partial charge in [0.2, 0.25) is 0 Å². The molecule has 0 aromatic heterocycles. The first-order valence-electron chi connectivity index (χ1n) is 5.50. The molecule has 2 aromatic rings. The third-order valence-electron chi connectivity index (χ3n) is 2.81. The summed E-state index contributed by atoms with van der Waals surface area (Å²) in [6, 6.07) is 6.15. The van der Waals surface area contributed by atoms with Crippen LogP contribution in [0, 0.1) is 21.0 Å². The first-order chi connectivity index (χ1) is 9.45. The Morgan fingerprint density at radius 1 is 1.05 bits per heavy atom. The van der Waals surface area contributed by atoms with Gasteiger partial charge in [-0.2, -0.15) is 0 Å². The quantitative estimate of drug-likeness (QED) is 0.347. The number of nitrogens with two attached hydrogens (primary N) is 1. The zero-order valence-corrected chi connectivity index (χ0v) is 12.8. The smallest absolute Gasteiger partial charge is 0.194 e. The molecule has 2 aromatic carbocycles. The third kappa shape index (κ3) is 2.93. The lowest BCUT2D eigenvalue weighted by Crippen LogP contribution is -2.30. The van der Waals surface area contributed by atoms with E-state index in [1.165, 1.54) is 0 Å². The van der Waals surface area contributed by atoms with E-state index in [4.69, 9.17) is 17.4 Å². The standard InChI is InChI=1S/C13H9ClF3IN2/c14-6-1-4-10(18)8(5-6)13(20-19)7-2-3-9(15)12(17)11(7)16/h1-5,13,20H,19H2. The summed E-state index contributed by atoms with van der Waals surface area (Å²) >= 11 is 7.93. The van der Waals surface area contributed by atoms with E-state index in [9.17, 15) is 13.2 Å². The number of rotatable bonds is 3. The van der Waals surface area contributed by atoms with Crippen LogP contribution in [-0.4, -0.2) is 0 Å². The highest BCUT2D eigenvalue weighted by Gasteiger charge is 2.23. The second kappa shape index (κ2) is 6.30. The summed E-state index contributed by atoms with van der Waals surface area (Å²) in [5.41, 5.74) is 2.88. The number of hydrogen-bond donors (Lipinski definition) is 2. The van der Waals surface area contributed by atoms with Gasteiger partial charge >= 0.3 is 0 Å². The fourth-order valence-electron chi connectivity index (χ4n) is 1.85. The van der Waals surface area contributed by atoms with Crippen molar-refractivity contribution in [2.45, 2.75) is 6.04 Å². The van der Waals surface area contributed by atoms with Gasteiger partial charge < -0.3 is 0 Å². The van der Waals surface area contributed by atoms with Crippen LogP contribution in [0.15, 0.2) is 30.3 Å². The molecule has 20 heavy (non-hydrogen) atoms. The molecule has 0 bridgehead atoms. The number of hydrazine groups is 1. The second-order valence-electron chi connectivity index (χ2n) is 4.03. The molecule has 1 atom stereocenters. The topological polar surface area (TPSA) is 38.0 Å². The molecule has 0 radical (unpaired) electrons. The Bertz CT molecular complexity index is 652. The highest BCUT2D eigenvalue weighted by Crippen LogP contribution is 2.30. The van der Waals surface area contributed by atoms with E-state index in [2.05, 4.69) is 5.43 Å². The maximum atomic E-state index is 13.9. The Kier molecular flexibility index (Phi) is 4.90. The van der Waals surface area contributed by atoms with Crippen LogP contribution in [0.1, 0.15) is 17.2 Å². The van der Waals surface area contributed by atoms with Crippen LogP contribution >= 0.6 is 34.2 Å². The number of benzene rings is 2. The highest BCUT2D eigenvalue weighted by molar-refractivity contribution is 14.1. The van der Waals surface area contributed by atoms with Gasteiger partial charge in [-0.05, 0) is 52.4 Å². The molecule has 3 N–H and O–H groups in total. The predicted octanol–water partition coefficient (Wildman–Crippen LogP) is 3.91. The van der Waals surface area contributed by atoms with Crippen molar-refractivity contribution < 1.29 is 13.2 Å². The summed E-state index contributed by atoms with van der Waals surface area (Å²) in [5, 5.41) is 0.434. The van der Waals surface area contributed by atoms with Gasteiger partial charge in [0.15, 0.2) is 17.5 Å². The molecule has 0 aliphatic carbocycles. The number of nitrogens with one attached hydrogen (secondary N) is 1. The van der Waals surface area contributed by atoms with Crippen molar-refractivity contribution in [1.29, 1.82) is 0 Å². The molecule has 0 aliphatic rings. The molecule has 0 saturated heterocycles. The SMILES string of the molecule is NNC(c1cc(Cl)ccc1I)c1ccc(F)c(F)c1F. The van der Waals surface area contributed by atoms with Gasteiger partial charge in [0.05, 0.1) is 6.04 Å². The molecule has 106 valence electrons. The maximum absolute atomic E-state index is 13.9.